The van der Waals surface area contributed by atoms with Crippen LogP contribution in [0.3, 0.4) is 0 Å². The van der Waals surface area contributed by atoms with E-state index in [1.807, 2.05) is 24.0 Å². The van der Waals surface area contributed by atoms with Crippen molar-refractivity contribution in [1.82, 2.24) is 15.1 Å². The molecule has 1 heterocycles. The van der Waals surface area contributed by atoms with Crippen LogP contribution < -0.4 is 5.32 Å². The Kier molecular flexibility index (Phi) is 5.83. The van der Waals surface area contributed by atoms with Gasteiger partial charge in [0.2, 0.25) is 0 Å². The molecule has 0 aliphatic heterocycles. The molecule has 1 aromatic carbocycles. The molecule has 0 fully saturated rings. The largest absolute Gasteiger partial charge is 0.310 e. The maximum absolute atomic E-state index is 6.43. The smallest absolute Gasteiger partial charge is 0.0521 e. The molecule has 2 rings (SSSR count). The maximum Gasteiger partial charge on any atom is 0.0521 e. The average molecular weight is 306 g/mol. The predicted molar refractivity (Wildman–Crippen MR) is 88.8 cm³/mol. The normalized spacial score (nSPS) is 12.6. The number of rotatable bonds is 7. The van der Waals surface area contributed by atoms with Gasteiger partial charge in [-0.05, 0) is 55.5 Å². The summed E-state index contributed by atoms with van der Waals surface area (Å²) in [7, 11) is 1.95. The fraction of sp³-hybridized carbons (Fsp3) is 0.471. The molecule has 0 aliphatic carbocycles. The Hall–Kier alpha value is -1.32. The molecule has 1 aromatic heterocycles. The molecule has 1 unspecified atom stereocenters. The lowest BCUT2D eigenvalue weighted by atomic mass is 9.99. The van der Waals surface area contributed by atoms with Crippen LogP contribution in [0.15, 0.2) is 30.6 Å². The average Bonchev–Trinajstić information content (AvgIpc) is 2.86. The summed E-state index contributed by atoms with van der Waals surface area (Å²) < 4.78 is 1.85. The van der Waals surface area contributed by atoms with E-state index in [-0.39, 0.29) is 0 Å². The molecule has 21 heavy (non-hydrogen) atoms. The van der Waals surface area contributed by atoms with E-state index in [9.17, 15) is 0 Å². The number of aryl methyl sites for hydroxylation is 3. The highest BCUT2D eigenvalue weighted by molar-refractivity contribution is 6.31. The molecule has 1 atom stereocenters. The molecule has 0 saturated carbocycles. The van der Waals surface area contributed by atoms with Crippen LogP contribution in [0.2, 0.25) is 5.02 Å². The lowest BCUT2D eigenvalue weighted by Gasteiger charge is -2.20. The molecular weight excluding hydrogens is 282 g/mol. The second-order valence-corrected chi connectivity index (χ2v) is 6.00. The van der Waals surface area contributed by atoms with E-state index in [2.05, 4.69) is 42.6 Å². The number of aromatic nitrogens is 2. The first-order valence-electron chi connectivity index (χ1n) is 7.57. The molecule has 0 amide bonds. The van der Waals surface area contributed by atoms with Crippen molar-refractivity contribution in [2.45, 2.75) is 39.2 Å². The van der Waals surface area contributed by atoms with E-state index in [0.29, 0.717) is 6.04 Å². The quantitative estimate of drug-likeness (QED) is 0.836. The zero-order valence-corrected chi connectivity index (χ0v) is 13.8. The minimum atomic E-state index is 0.290. The maximum atomic E-state index is 6.43. The Labute approximate surface area is 132 Å². The first-order chi connectivity index (χ1) is 10.1. The molecule has 4 heteroatoms. The van der Waals surface area contributed by atoms with Gasteiger partial charge in [-0.1, -0.05) is 30.7 Å². The van der Waals surface area contributed by atoms with Gasteiger partial charge in [0.1, 0.15) is 0 Å². The van der Waals surface area contributed by atoms with Crippen LogP contribution in [0.4, 0.5) is 0 Å². The Balaban J connectivity index is 2.09. The van der Waals surface area contributed by atoms with Crippen LogP contribution in [-0.2, 0) is 13.5 Å². The van der Waals surface area contributed by atoms with Crippen molar-refractivity contribution in [3.05, 3.63) is 52.3 Å². The SMILES string of the molecule is CCCNC(CCc1cnn(C)c1)c1ccc(C)cc1Cl. The Morgan fingerprint density at radius 2 is 2.19 bits per heavy atom. The van der Waals surface area contributed by atoms with Gasteiger partial charge in [0.05, 0.1) is 6.20 Å². The van der Waals surface area contributed by atoms with Crippen LogP contribution in [-0.4, -0.2) is 16.3 Å². The van der Waals surface area contributed by atoms with Crippen LogP contribution >= 0.6 is 11.6 Å². The molecule has 0 spiro atoms. The van der Waals surface area contributed by atoms with Gasteiger partial charge in [-0.2, -0.15) is 5.10 Å². The van der Waals surface area contributed by atoms with Crippen LogP contribution in [0, 0.1) is 6.92 Å². The molecule has 3 nitrogen and oxygen atoms in total. The summed E-state index contributed by atoms with van der Waals surface area (Å²) in [5.74, 6) is 0. The zero-order valence-electron chi connectivity index (χ0n) is 13.1. The van der Waals surface area contributed by atoms with Crippen LogP contribution in [0.5, 0.6) is 0 Å². The third kappa shape index (κ3) is 4.58. The second-order valence-electron chi connectivity index (χ2n) is 5.59. The van der Waals surface area contributed by atoms with Gasteiger partial charge >= 0.3 is 0 Å². The fourth-order valence-corrected chi connectivity index (χ4v) is 2.88. The molecule has 0 saturated heterocycles. The molecule has 1 N–H and O–H groups in total. The summed E-state index contributed by atoms with van der Waals surface area (Å²) in [5, 5.41) is 8.70. The van der Waals surface area contributed by atoms with E-state index in [1.54, 1.807) is 0 Å². The van der Waals surface area contributed by atoms with Crippen molar-refractivity contribution in [2.24, 2.45) is 7.05 Å². The van der Waals surface area contributed by atoms with Gasteiger partial charge < -0.3 is 5.32 Å². The van der Waals surface area contributed by atoms with Gasteiger partial charge in [-0.25, -0.2) is 0 Å². The van der Waals surface area contributed by atoms with E-state index in [4.69, 9.17) is 11.6 Å². The summed E-state index contributed by atoms with van der Waals surface area (Å²) in [5.41, 5.74) is 3.66. The summed E-state index contributed by atoms with van der Waals surface area (Å²) in [6.07, 6.45) is 7.15. The van der Waals surface area contributed by atoms with E-state index in [0.717, 1.165) is 30.8 Å². The third-order valence-corrected chi connectivity index (χ3v) is 3.98. The lowest BCUT2D eigenvalue weighted by Crippen LogP contribution is -2.23. The molecule has 114 valence electrons. The van der Waals surface area contributed by atoms with Gasteiger partial charge in [0.25, 0.3) is 0 Å². The molecule has 0 bridgehead atoms. The number of hydrogen-bond acceptors (Lipinski definition) is 2. The lowest BCUT2D eigenvalue weighted by molar-refractivity contribution is 0.499. The van der Waals surface area contributed by atoms with E-state index < -0.39 is 0 Å². The number of nitrogens with one attached hydrogen (secondary N) is 1. The number of nitrogens with zero attached hydrogens (tertiary/aromatic N) is 2. The van der Waals surface area contributed by atoms with Gasteiger partial charge in [-0.15, -0.1) is 0 Å². The first-order valence-corrected chi connectivity index (χ1v) is 7.95. The van der Waals surface area contributed by atoms with Crippen molar-refractivity contribution in [3.8, 4) is 0 Å². The summed E-state index contributed by atoms with van der Waals surface area (Å²) in [6, 6.07) is 6.61. The van der Waals surface area contributed by atoms with Crippen LogP contribution in [0.1, 0.15) is 42.5 Å². The summed E-state index contributed by atoms with van der Waals surface area (Å²) >= 11 is 6.43. The second kappa shape index (κ2) is 7.62. The zero-order chi connectivity index (χ0) is 15.2. The standard InChI is InChI=1S/C17H24ClN3/c1-4-9-19-17(8-6-14-11-20-21(3)12-14)15-7-5-13(2)10-16(15)18/h5,7,10-12,17,19H,4,6,8-9H2,1-3H3. The highest BCUT2D eigenvalue weighted by Gasteiger charge is 2.14. The Morgan fingerprint density at radius 3 is 2.81 bits per heavy atom. The number of benzene rings is 1. The van der Waals surface area contributed by atoms with Gasteiger partial charge in [0.15, 0.2) is 0 Å². The van der Waals surface area contributed by atoms with Gasteiger partial charge in [0, 0.05) is 24.3 Å². The van der Waals surface area contributed by atoms with E-state index in [1.165, 1.54) is 16.7 Å². The topological polar surface area (TPSA) is 29.9 Å². The minimum absolute atomic E-state index is 0.290. The molecular formula is C17H24ClN3. The molecule has 0 aliphatic rings. The summed E-state index contributed by atoms with van der Waals surface area (Å²) in [6.45, 7) is 5.25. The highest BCUT2D eigenvalue weighted by atomic mass is 35.5. The van der Waals surface area contributed by atoms with E-state index >= 15 is 0 Å². The third-order valence-electron chi connectivity index (χ3n) is 3.65. The van der Waals surface area contributed by atoms with Gasteiger partial charge in [-0.3, -0.25) is 4.68 Å². The van der Waals surface area contributed by atoms with Crippen molar-refractivity contribution in [2.75, 3.05) is 6.54 Å². The number of halogens is 1. The first kappa shape index (κ1) is 16.1. The Bertz CT molecular complexity index is 577. The van der Waals surface area contributed by atoms with Crippen molar-refractivity contribution < 1.29 is 0 Å². The molecule has 0 radical (unpaired) electrons. The molecule has 2 aromatic rings. The monoisotopic (exact) mass is 305 g/mol. The van der Waals surface area contributed by atoms with Crippen molar-refractivity contribution in [1.29, 1.82) is 0 Å². The summed E-state index contributed by atoms with van der Waals surface area (Å²) in [4.78, 5) is 0. The highest BCUT2D eigenvalue weighted by Crippen LogP contribution is 2.27. The minimum Gasteiger partial charge on any atom is -0.310 e. The predicted octanol–water partition coefficient (Wildman–Crippen LogP) is 4.06. The van der Waals surface area contributed by atoms with Crippen molar-refractivity contribution in [3.63, 3.8) is 0 Å². The Morgan fingerprint density at radius 1 is 1.38 bits per heavy atom. The number of hydrogen-bond donors (Lipinski definition) is 1. The fourth-order valence-electron chi connectivity index (χ4n) is 2.51. The van der Waals surface area contributed by atoms with Crippen molar-refractivity contribution >= 4 is 11.6 Å². The van der Waals surface area contributed by atoms with Crippen LogP contribution in [0.25, 0.3) is 0 Å².